The van der Waals surface area contributed by atoms with Crippen molar-refractivity contribution < 1.29 is 13.2 Å². The summed E-state index contributed by atoms with van der Waals surface area (Å²) in [7, 11) is -3.50. The summed E-state index contributed by atoms with van der Waals surface area (Å²) in [6, 6.07) is 6.78. The number of amides is 1. The van der Waals surface area contributed by atoms with Gasteiger partial charge in [0.15, 0.2) is 0 Å². The minimum Gasteiger partial charge on any atom is -0.340 e. The van der Waals surface area contributed by atoms with Gasteiger partial charge in [-0.3, -0.25) is 4.79 Å². The Morgan fingerprint density at radius 3 is 2.44 bits per heavy atom. The third kappa shape index (κ3) is 3.26. The number of hydrogen-bond donors (Lipinski definition) is 0. The van der Waals surface area contributed by atoms with E-state index in [1.54, 1.807) is 18.2 Å². The Morgan fingerprint density at radius 1 is 1.08 bits per heavy atom. The van der Waals surface area contributed by atoms with Crippen molar-refractivity contribution in [2.24, 2.45) is 17.8 Å². The largest absolute Gasteiger partial charge is 0.340 e. The molecule has 4 rings (SSSR count). The Labute approximate surface area is 157 Å². The third-order valence-electron chi connectivity index (χ3n) is 6.04. The second kappa shape index (κ2) is 6.67. The molecule has 0 aromatic heterocycles. The molecule has 1 aliphatic heterocycles. The van der Waals surface area contributed by atoms with E-state index in [-0.39, 0.29) is 11.8 Å². The molecule has 2 aliphatic carbocycles. The Kier molecular flexibility index (Phi) is 4.67. The molecular formula is C18H23BrN2O3S. The maximum absolute atomic E-state index is 12.8. The molecule has 25 heavy (non-hydrogen) atoms. The number of benzene rings is 1. The van der Waals surface area contributed by atoms with E-state index in [2.05, 4.69) is 15.9 Å². The number of piperazine rings is 1. The fourth-order valence-electron chi connectivity index (χ4n) is 4.71. The van der Waals surface area contributed by atoms with Crippen LogP contribution >= 0.6 is 15.9 Å². The van der Waals surface area contributed by atoms with E-state index in [4.69, 9.17) is 0 Å². The van der Waals surface area contributed by atoms with Crippen LogP contribution in [0.3, 0.4) is 0 Å². The maximum Gasteiger partial charge on any atom is 0.243 e. The highest BCUT2D eigenvalue weighted by Gasteiger charge is 2.45. The van der Waals surface area contributed by atoms with E-state index in [0.29, 0.717) is 37.0 Å². The zero-order valence-corrected chi connectivity index (χ0v) is 16.5. The van der Waals surface area contributed by atoms with Crippen molar-refractivity contribution in [1.82, 2.24) is 9.21 Å². The summed E-state index contributed by atoms with van der Waals surface area (Å²) in [6.45, 7) is 1.75. The van der Waals surface area contributed by atoms with Crippen molar-refractivity contribution in [3.05, 3.63) is 28.7 Å². The molecule has 1 heterocycles. The van der Waals surface area contributed by atoms with Crippen LogP contribution in [0.25, 0.3) is 0 Å². The van der Waals surface area contributed by atoms with Gasteiger partial charge in [-0.05, 0) is 49.3 Å². The van der Waals surface area contributed by atoms with E-state index < -0.39 is 10.0 Å². The molecular weight excluding hydrogens is 404 g/mol. The summed E-state index contributed by atoms with van der Waals surface area (Å²) in [6.07, 6.45) is 4.74. The van der Waals surface area contributed by atoms with Crippen LogP contribution < -0.4 is 0 Å². The van der Waals surface area contributed by atoms with Gasteiger partial charge in [0.05, 0.1) is 4.90 Å². The summed E-state index contributed by atoms with van der Waals surface area (Å²) in [5.41, 5.74) is 0. The number of halogens is 1. The van der Waals surface area contributed by atoms with Gasteiger partial charge in [-0.25, -0.2) is 8.42 Å². The zero-order chi connectivity index (χ0) is 17.6. The lowest BCUT2D eigenvalue weighted by molar-refractivity contribution is -0.138. The van der Waals surface area contributed by atoms with Gasteiger partial charge in [-0.2, -0.15) is 4.31 Å². The summed E-state index contributed by atoms with van der Waals surface area (Å²) >= 11 is 3.32. The zero-order valence-electron chi connectivity index (χ0n) is 14.1. The number of carbonyl (C=O) groups excluding carboxylic acids is 1. The number of hydrogen-bond acceptors (Lipinski definition) is 3. The van der Waals surface area contributed by atoms with Crippen molar-refractivity contribution in [3.8, 4) is 0 Å². The van der Waals surface area contributed by atoms with Crippen LogP contribution in [0, 0.1) is 17.8 Å². The summed E-state index contributed by atoms with van der Waals surface area (Å²) < 4.78 is 27.8. The SMILES string of the molecule is O=C(C1CC2CCC1C2)N1CCN(S(=O)(=O)c2cccc(Br)c2)CC1. The number of fused-ring (bicyclic) bond motifs is 2. The van der Waals surface area contributed by atoms with E-state index in [9.17, 15) is 13.2 Å². The maximum atomic E-state index is 12.8. The number of sulfonamides is 1. The topological polar surface area (TPSA) is 57.7 Å². The number of carbonyl (C=O) groups is 1. The van der Waals surface area contributed by atoms with Gasteiger partial charge in [-0.15, -0.1) is 0 Å². The first kappa shape index (κ1) is 17.5. The highest BCUT2D eigenvalue weighted by Crippen LogP contribution is 2.48. The Balaban J connectivity index is 1.40. The van der Waals surface area contributed by atoms with Crippen LogP contribution in [-0.4, -0.2) is 49.7 Å². The molecule has 1 amide bonds. The van der Waals surface area contributed by atoms with Gasteiger partial charge in [0.1, 0.15) is 0 Å². The molecule has 0 radical (unpaired) electrons. The molecule has 3 fully saturated rings. The molecule has 1 aromatic carbocycles. The highest BCUT2D eigenvalue weighted by atomic mass is 79.9. The standard InChI is InChI=1S/C18H23BrN2O3S/c19-15-2-1-3-16(12-15)25(23,24)21-8-6-20(7-9-21)18(22)17-11-13-4-5-14(17)10-13/h1-3,12-14,17H,4-11H2. The van der Waals surface area contributed by atoms with Crippen molar-refractivity contribution in [2.45, 2.75) is 30.6 Å². The summed E-state index contributed by atoms with van der Waals surface area (Å²) in [5, 5.41) is 0. The minimum atomic E-state index is -3.50. The van der Waals surface area contributed by atoms with Gasteiger partial charge >= 0.3 is 0 Å². The third-order valence-corrected chi connectivity index (χ3v) is 8.43. The Bertz CT molecular complexity index is 774. The molecule has 5 nitrogen and oxygen atoms in total. The van der Waals surface area contributed by atoms with E-state index in [0.717, 1.165) is 16.8 Å². The van der Waals surface area contributed by atoms with E-state index in [1.165, 1.54) is 23.6 Å². The molecule has 1 saturated heterocycles. The number of nitrogens with zero attached hydrogens (tertiary/aromatic N) is 2. The van der Waals surface area contributed by atoms with Crippen molar-refractivity contribution >= 4 is 31.9 Å². The van der Waals surface area contributed by atoms with E-state index in [1.807, 2.05) is 11.0 Å². The molecule has 2 saturated carbocycles. The Morgan fingerprint density at radius 2 is 1.84 bits per heavy atom. The summed E-state index contributed by atoms with van der Waals surface area (Å²) in [4.78, 5) is 15.0. The molecule has 3 atom stereocenters. The smallest absolute Gasteiger partial charge is 0.243 e. The van der Waals surface area contributed by atoms with Crippen LogP contribution in [0.5, 0.6) is 0 Å². The van der Waals surface area contributed by atoms with Crippen molar-refractivity contribution in [2.75, 3.05) is 26.2 Å². The first-order valence-electron chi connectivity index (χ1n) is 8.99. The average Bonchev–Trinajstić information content (AvgIpc) is 3.24. The molecule has 3 unspecified atom stereocenters. The van der Waals surface area contributed by atoms with Crippen LogP contribution in [0.2, 0.25) is 0 Å². The van der Waals surface area contributed by atoms with Gasteiger partial charge in [-0.1, -0.05) is 28.4 Å². The second-order valence-electron chi connectivity index (χ2n) is 7.47. The molecule has 7 heteroatoms. The first-order valence-corrected chi connectivity index (χ1v) is 11.2. The van der Waals surface area contributed by atoms with Crippen molar-refractivity contribution in [3.63, 3.8) is 0 Å². The molecule has 0 spiro atoms. The molecule has 1 aromatic rings. The average molecular weight is 427 g/mol. The second-order valence-corrected chi connectivity index (χ2v) is 10.3. The lowest BCUT2D eigenvalue weighted by Gasteiger charge is -2.36. The first-order chi connectivity index (χ1) is 11.9. The van der Waals surface area contributed by atoms with Crippen LogP contribution in [0.15, 0.2) is 33.6 Å². The normalized spacial score (nSPS) is 30.0. The molecule has 136 valence electrons. The van der Waals surface area contributed by atoms with Gasteiger partial charge in [0.2, 0.25) is 15.9 Å². The molecule has 3 aliphatic rings. The molecule has 2 bridgehead atoms. The predicted molar refractivity (Wildman–Crippen MR) is 98.4 cm³/mol. The quantitative estimate of drug-likeness (QED) is 0.746. The van der Waals surface area contributed by atoms with Crippen LogP contribution in [0.4, 0.5) is 0 Å². The predicted octanol–water partition coefficient (Wildman–Crippen LogP) is 2.72. The van der Waals surface area contributed by atoms with Gasteiger partial charge in [0, 0.05) is 36.6 Å². The van der Waals surface area contributed by atoms with Crippen molar-refractivity contribution in [1.29, 1.82) is 0 Å². The lowest BCUT2D eigenvalue weighted by atomic mass is 9.87. The molecule has 0 N–H and O–H groups in total. The van der Waals surface area contributed by atoms with Crippen LogP contribution in [-0.2, 0) is 14.8 Å². The lowest BCUT2D eigenvalue weighted by Crippen LogP contribution is -2.52. The fraction of sp³-hybridized carbons (Fsp3) is 0.611. The number of rotatable bonds is 3. The summed E-state index contributed by atoms with van der Waals surface area (Å²) in [5.74, 6) is 1.76. The van der Waals surface area contributed by atoms with Gasteiger partial charge in [0.25, 0.3) is 0 Å². The highest BCUT2D eigenvalue weighted by molar-refractivity contribution is 9.10. The van der Waals surface area contributed by atoms with Gasteiger partial charge < -0.3 is 4.90 Å². The van der Waals surface area contributed by atoms with E-state index >= 15 is 0 Å². The Hall–Kier alpha value is -0.920. The fourth-order valence-corrected chi connectivity index (χ4v) is 6.73. The minimum absolute atomic E-state index is 0.187. The monoisotopic (exact) mass is 426 g/mol. The van der Waals surface area contributed by atoms with Crippen LogP contribution in [0.1, 0.15) is 25.7 Å².